The van der Waals surface area contributed by atoms with E-state index in [1.807, 2.05) is 0 Å². The SMILES string of the molecule is CCOc1cc(/C=C2/NC(=O)N(CC(=O)O)C2=O)cc(Cl)c1OCc1ccc([N+](=O)[O-])cc1. The molecule has 0 spiro atoms. The number of benzene rings is 2. The Hall–Kier alpha value is -4.12. The molecule has 11 nitrogen and oxygen atoms in total. The number of carboxylic acids is 1. The number of amides is 3. The predicted octanol–water partition coefficient (Wildman–Crippen LogP) is 3.20. The third kappa shape index (κ3) is 5.57. The molecule has 172 valence electrons. The van der Waals surface area contributed by atoms with Crippen molar-refractivity contribution in [2.24, 2.45) is 0 Å². The van der Waals surface area contributed by atoms with Gasteiger partial charge in [0, 0.05) is 12.1 Å². The lowest BCUT2D eigenvalue weighted by Gasteiger charge is -2.15. The number of nitrogens with one attached hydrogen (secondary N) is 1. The summed E-state index contributed by atoms with van der Waals surface area (Å²) in [6, 6.07) is 8.03. The van der Waals surface area contributed by atoms with Gasteiger partial charge in [-0.15, -0.1) is 0 Å². The molecule has 2 aromatic rings. The zero-order chi connectivity index (χ0) is 24.1. The fourth-order valence-corrected chi connectivity index (χ4v) is 3.23. The number of aliphatic carboxylic acids is 1. The molecule has 3 rings (SSSR count). The summed E-state index contributed by atoms with van der Waals surface area (Å²) in [6.07, 6.45) is 1.34. The molecule has 2 N–H and O–H groups in total. The van der Waals surface area contributed by atoms with Crippen LogP contribution in [0.4, 0.5) is 10.5 Å². The summed E-state index contributed by atoms with van der Waals surface area (Å²) in [4.78, 5) is 45.9. The fraction of sp³-hybridized carbons (Fsp3) is 0.190. The molecule has 0 bridgehead atoms. The van der Waals surface area contributed by atoms with Crippen LogP contribution in [0.3, 0.4) is 0 Å². The summed E-state index contributed by atoms with van der Waals surface area (Å²) < 4.78 is 11.4. The van der Waals surface area contributed by atoms with E-state index in [0.717, 1.165) is 0 Å². The van der Waals surface area contributed by atoms with Crippen molar-refractivity contribution in [2.45, 2.75) is 13.5 Å². The lowest BCUT2D eigenvalue weighted by Crippen LogP contribution is -2.35. The van der Waals surface area contributed by atoms with Crippen molar-refractivity contribution in [1.29, 1.82) is 0 Å². The van der Waals surface area contributed by atoms with Crippen LogP contribution in [0.5, 0.6) is 11.5 Å². The minimum Gasteiger partial charge on any atom is -0.490 e. The van der Waals surface area contributed by atoms with Crippen LogP contribution in [0.1, 0.15) is 18.1 Å². The van der Waals surface area contributed by atoms with Gasteiger partial charge in [-0.2, -0.15) is 0 Å². The summed E-state index contributed by atoms with van der Waals surface area (Å²) in [6.45, 7) is 1.34. The quantitative estimate of drug-likeness (QED) is 0.243. The van der Waals surface area contributed by atoms with E-state index in [9.17, 15) is 24.5 Å². The standard InChI is InChI=1S/C21H18ClN3O8/c1-2-32-17-9-13(8-16-20(28)24(10-18(26)27)21(29)23-16)7-15(22)19(17)33-11-12-3-5-14(6-4-12)25(30)31/h3-9H,2,10-11H2,1H3,(H,23,29)(H,26,27)/b16-8+. The van der Waals surface area contributed by atoms with Crippen molar-refractivity contribution < 1.29 is 33.9 Å². The van der Waals surface area contributed by atoms with Gasteiger partial charge in [-0.25, -0.2) is 9.69 Å². The van der Waals surface area contributed by atoms with Gasteiger partial charge < -0.3 is 19.9 Å². The van der Waals surface area contributed by atoms with E-state index in [-0.39, 0.29) is 41.1 Å². The zero-order valence-corrected chi connectivity index (χ0v) is 18.0. The van der Waals surface area contributed by atoms with Crippen LogP contribution < -0.4 is 14.8 Å². The topological polar surface area (TPSA) is 148 Å². The Kier molecular flexibility index (Phi) is 7.13. The number of hydrogen-bond acceptors (Lipinski definition) is 7. The number of nitrogens with zero attached hydrogens (tertiary/aromatic N) is 2. The first-order valence-electron chi connectivity index (χ1n) is 9.58. The highest BCUT2D eigenvalue weighted by Gasteiger charge is 2.35. The normalized spacial score (nSPS) is 14.4. The molecule has 0 radical (unpaired) electrons. The molecule has 33 heavy (non-hydrogen) atoms. The van der Waals surface area contributed by atoms with Crippen LogP contribution in [0.2, 0.25) is 5.02 Å². The number of halogens is 1. The Bertz CT molecular complexity index is 1150. The maximum atomic E-state index is 12.3. The molecule has 1 aliphatic rings. The molecule has 1 aliphatic heterocycles. The highest BCUT2D eigenvalue weighted by atomic mass is 35.5. The first kappa shape index (κ1) is 23.5. The number of rotatable bonds is 9. The number of carbonyl (C=O) groups is 3. The summed E-state index contributed by atoms with van der Waals surface area (Å²) in [5.74, 6) is -1.60. The highest BCUT2D eigenvalue weighted by molar-refractivity contribution is 6.32. The number of nitro groups is 1. The van der Waals surface area contributed by atoms with Crippen molar-refractivity contribution in [3.63, 3.8) is 0 Å². The number of hydrogen-bond donors (Lipinski definition) is 2. The van der Waals surface area contributed by atoms with Gasteiger partial charge in [-0.3, -0.25) is 19.7 Å². The van der Waals surface area contributed by atoms with Gasteiger partial charge in [0.05, 0.1) is 16.6 Å². The molecular weight excluding hydrogens is 458 g/mol. The van der Waals surface area contributed by atoms with Crippen LogP contribution >= 0.6 is 11.6 Å². The summed E-state index contributed by atoms with van der Waals surface area (Å²) in [5.41, 5.74) is 0.925. The van der Waals surface area contributed by atoms with Crippen LogP contribution in [0.15, 0.2) is 42.1 Å². The average Bonchev–Trinajstić information content (AvgIpc) is 3.00. The molecule has 1 fully saturated rings. The Balaban J connectivity index is 1.83. The monoisotopic (exact) mass is 475 g/mol. The second-order valence-electron chi connectivity index (χ2n) is 6.75. The number of urea groups is 1. The molecule has 0 unspecified atom stereocenters. The van der Waals surface area contributed by atoms with Gasteiger partial charge in [0.2, 0.25) is 0 Å². The first-order chi connectivity index (χ1) is 15.7. The largest absolute Gasteiger partial charge is 0.490 e. The maximum absolute atomic E-state index is 12.3. The van der Waals surface area contributed by atoms with E-state index in [1.165, 1.54) is 24.3 Å². The number of ether oxygens (including phenoxy) is 2. The number of imide groups is 1. The minimum absolute atomic E-state index is 0.0420. The zero-order valence-electron chi connectivity index (χ0n) is 17.2. The molecule has 12 heteroatoms. The van der Waals surface area contributed by atoms with E-state index in [4.69, 9.17) is 26.2 Å². The summed E-state index contributed by atoms with van der Waals surface area (Å²) in [5, 5.41) is 22.1. The van der Waals surface area contributed by atoms with Gasteiger partial charge in [-0.1, -0.05) is 11.6 Å². The summed E-state index contributed by atoms with van der Waals surface area (Å²) >= 11 is 6.37. The fourth-order valence-electron chi connectivity index (χ4n) is 2.96. The van der Waals surface area contributed by atoms with Crippen molar-refractivity contribution >= 4 is 41.3 Å². The van der Waals surface area contributed by atoms with E-state index < -0.39 is 29.4 Å². The lowest BCUT2D eigenvalue weighted by molar-refractivity contribution is -0.384. The van der Waals surface area contributed by atoms with E-state index >= 15 is 0 Å². The Morgan fingerprint density at radius 1 is 1.24 bits per heavy atom. The smallest absolute Gasteiger partial charge is 0.329 e. The number of carbonyl (C=O) groups excluding carboxylic acids is 2. The Labute approximate surface area is 192 Å². The third-order valence-corrected chi connectivity index (χ3v) is 4.71. The van der Waals surface area contributed by atoms with Gasteiger partial charge in [0.1, 0.15) is 18.8 Å². The molecule has 3 amide bonds. The number of nitro benzene ring substituents is 1. The third-order valence-electron chi connectivity index (χ3n) is 4.43. The first-order valence-corrected chi connectivity index (χ1v) is 9.96. The molecular formula is C21H18ClN3O8. The second-order valence-corrected chi connectivity index (χ2v) is 7.16. The van der Waals surface area contributed by atoms with Gasteiger partial charge >= 0.3 is 12.0 Å². The molecule has 2 aromatic carbocycles. The van der Waals surface area contributed by atoms with Crippen LogP contribution in [-0.2, 0) is 16.2 Å². The average molecular weight is 476 g/mol. The van der Waals surface area contributed by atoms with Crippen molar-refractivity contribution in [2.75, 3.05) is 13.2 Å². The highest BCUT2D eigenvalue weighted by Crippen LogP contribution is 2.38. The molecule has 0 saturated carbocycles. The van der Waals surface area contributed by atoms with Gasteiger partial charge in [-0.05, 0) is 48.4 Å². The molecule has 1 saturated heterocycles. The maximum Gasteiger partial charge on any atom is 0.329 e. The van der Waals surface area contributed by atoms with E-state index in [1.54, 1.807) is 25.1 Å². The van der Waals surface area contributed by atoms with Crippen LogP contribution in [0.25, 0.3) is 6.08 Å². The molecule has 0 atom stereocenters. The van der Waals surface area contributed by atoms with E-state index in [0.29, 0.717) is 16.0 Å². The lowest BCUT2D eigenvalue weighted by atomic mass is 10.1. The van der Waals surface area contributed by atoms with Gasteiger partial charge in [0.15, 0.2) is 11.5 Å². The van der Waals surface area contributed by atoms with Crippen molar-refractivity contribution in [1.82, 2.24) is 10.2 Å². The minimum atomic E-state index is -1.32. The summed E-state index contributed by atoms with van der Waals surface area (Å²) in [7, 11) is 0. The van der Waals surface area contributed by atoms with Crippen LogP contribution in [-0.4, -0.2) is 46.0 Å². The number of non-ortho nitro benzene ring substituents is 1. The van der Waals surface area contributed by atoms with Gasteiger partial charge in [0.25, 0.3) is 11.6 Å². The number of carboxylic acid groups (broad SMARTS) is 1. The predicted molar refractivity (Wildman–Crippen MR) is 116 cm³/mol. The van der Waals surface area contributed by atoms with Crippen molar-refractivity contribution in [3.05, 3.63) is 68.4 Å². The second kappa shape index (κ2) is 10.0. The molecule has 1 heterocycles. The Morgan fingerprint density at radius 2 is 1.94 bits per heavy atom. The van der Waals surface area contributed by atoms with E-state index in [2.05, 4.69) is 5.32 Å². The van der Waals surface area contributed by atoms with Crippen LogP contribution in [0, 0.1) is 10.1 Å². The Morgan fingerprint density at radius 3 is 2.55 bits per heavy atom. The molecule has 0 aliphatic carbocycles. The molecule has 0 aromatic heterocycles. The van der Waals surface area contributed by atoms with Crippen molar-refractivity contribution in [3.8, 4) is 11.5 Å².